The van der Waals surface area contributed by atoms with Gasteiger partial charge in [0.15, 0.2) is 11.5 Å². The minimum absolute atomic E-state index is 0.00893. The minimum atomic E-state index is -4.00. The van der Waals surface area contributed by atoms with Crippen molar-refractivity contribution in [1.29, 1.82) is 0 Å². The van der Waals surface area contributed by atoms with Gasteiger partial charge in [-0.1, -0.05) is 12.1 Å². The van der Waals surface area contributed by atoms with E-state index >= 15 is 0 Å². The molecule has 2 N–H and O–H groups in total. The number of benzene rings is 2. The molecular formula is C22H24N4O6S. The smallest absolute Gasteiger partial charge is 0.258 e. The van der Waals surface area contributed by atoms with Gasteiger partial charge in [0.2, 0.25) is 15.9 Å². The molecule has 3 aromatic rings. The number of para-hydroxylation sites is 1. The SMILES string of the molecule is C[C@H](NS(=O)(=O)c1ccc2c(c1)OCCCO2)C(=O)N(C)Cc1nc2ccccc2c(=O)[nH]1. The van der Waals surface area contributed by atoms with E-state index in [0.29, 0.717) is 47.9 Å². The number of likely N-dealkylation sites (N-methyl/N-ethyl adjacent to an activating group) is 1. The topological polar surface area (TPSA) is 131 Å². The number of carbonyl (C=O) groups is 1. The van der Waals surface area contributed by atoms with Crippen LogP contribution in [0, 0.1) is 0 Å². The highest BCUT2D eigenvalue weighted by Gasteiger charge is 2.26. The summed E-state index contributed by atoms with van der Waals surface area (Å²) in [6.45, 7) is 2.38. The lowest BCUT2D eigenvalue weighted by Crippen LogP contribution is -2.45. The maximum absolute atomic E-state index is 12.9. The van der Waals surface area contributed by atoms with Crippen LogP contribution in [0.25, 0.3) is 10.9 Å². The molecule has 1 atom stereocenters. The van der Waals surface area contributed by atoms with E-state index in [1.807, 2.05) is 0 Å². The third-order valence-electron chi connectivity index (χ3n) is 5.16. The summed E-state index contributed by atoms with van der Waals surface area (Å²) in [4.78, 5) is 33.4. The molecule has 1 aromatic heterocycles. The summed E-state index contributed by atoms with van der Waals surface area (Å²) in [5, 5.41) is 0.450. The zero-order valence-corrected chi connectivity index (χ0v) is 19.0. The Bertz CT molecular complexity index is 1350. The zero-order chi connectivity index (χ0) is 23.6. The lowest BCUT2D eigenvalue weighted by Gasteiger charge is -2.22. The third-order valence-corrected chi connectivity index (χ3v) is 6.70. The molecule has 1 amide bonds. The van der Waals surface area contributed by atoms with E-state index < -0.39 is 22.0 Å². The van der Waals surface area contributed by atoms with E-state index in [0.717, 1.165) is 0 Å². The van der Waals surface area contributed by atoms with Gasteiger partial charge in [-0.15, -0.1) is 0 Å². The molecule has 0 radical (unpaired) electrons. The van der Waals surface area contributed by atoms with Crippen molar-refractivity contribution in [1.82, 2.24) is 19.6 Å². The van der Waals surface area contributed by atoms with Gasteiger partial charge in [0.05, 0.1) is 41.6 Å². The molecule has 0 saturated heterocycles. The second kappa shape index (κ2) is 9.20. The van der Waals surface area contributed by atoms with Crippen molar-refractivity contribution < 1.29 is 22.7 Å². The molecule has 2 heterocycles. The van der Waals surface area contributed by atoms with Crippen molar-refractivity contribution in [3.8, 4) is 11.5 Å². The van der Waals surface area contributed by atoms with Gasteiger partial charge < -0.3 is 19.4 Å². The minimum Gasteiger partial charge on any atom is -0.490 e. The summed E-state index contributed by atoms with van der Waals surface area (Å²) >= 11 is 0. The maximum atomic E-state index is 12.9. The highest BCUT2D eigenvalue weighted by Crippen LogP contribution is 2.31. The normalized spacial score (nSPS) is 14.5. The number of aromatic amines is 1. The first-order valence-corrected chi connectivity index (χ1v) is 11.9. The Hall–Kier alpha value is -3.44. The predicted octanol–water partition coefficient (Wildman–Crippen LogP) is 1.41. The molecule has 1 aliphatic heterocycles. The number of carbonyl (C=O) groups excluding carboxylic acids is 1. The Labute approximate surface area is 190 Å². The molecule has 10 nitrogen and oxygen atoms in total. The van der Waals surface area contributed by atoms with Crippen LogP contribution in [0.5, 0.6) is 11.5 Å². The Morgan fingerprint density at radius 2 is 1.91 bits per heavy atom. The van der Waals surface area contributed by atoms with Crippen LogP contribution in [0.3, 0.4) is 0 Å². The molecule has 1 aliphatic rings. The third kappa shape index (κ3) is 4.99. The fourth-order valence-electron chi connectivity index (χ4n) is 3.50. The summed E-state index contributed by atoms with van der Waals surface area (Å²) in [6, 6.07) is 10.2. The number of fused-ring (bicyclic) bond motifs is 2. The van der Waals surface area contributed by atoms with Crippen molar-refractivity contribution in [2.75, 3.05) is 20.3 Å². The van der Waals surface area contributed by atoms with E-state index in [1.54, 1.807) is 24.3 Å². The van der Waals surface area contributed by atoms with Crippen LogP contribution in [0.1, 0.15) is 19.2 Å². The van der Waals surface area contributed by atoms with Gasteiger partial charge in [0.25, 0.3) is 5.56 Å². The zero-order valence-electron chi connectivity index (χ0n) is 18.2. The Morgan fingerprint density at radius 1 is 1.18 bits per heavy atom. The largest absolute Gasteiger partial charge is 0.490 e. The van der Waals surface area contributed by atoms with Crippen LogP contribution in [-0.4, -0.2) is 55.5 Å². The van der Waals surface area contributed by atoms with Crippen molar-refractivity contribution in [2.45, 2.75) is 30.8 Å². The Morgan fingerprint density at radius 3 is 2.70 bits per heavy atom. The predicted molar refractivity (Wildman–Crippen MR) is 121 cm³/mol. The van der Waals surface area contributed by atoms with E-state index in [1.165, 1.54) is 37.1 Å². The average molecular weight is 473 g/mol. The second-order valence-electron chi connectivity index (χ2n) is 7.73. The number of ether oxygens (including phenoxy) is 2. The number of hydrogen-bond donors (Lipinski definition) is 2. The average Bonchev–Trinajstić information content (AvgIpc) is 3.03. The van der Waals surface area contributed by atoms with Crippen molar-refractivity contribution in [3.63, 3.8) is 0 Å². The fraction of sp³-hybridized carbons (Fsp3) is 0.318. The van der Waals surface area contributed by atoms with Gasteiger partial charge in [-0.3, -0.25) is 9.59 Å². The van der Waals surface area contributed by atoms with E-state index in [9.17, 15) is 18.0 Å². The summed E-state index contributed by atoms with van der Waals surface area (Å²) in [7, 11) is -2.49. The first-order valence-electron chi connectivity index (χ1n) is 10.4. The molecule has 4 rings (SSSR count). The quantitative estimate of drug-likeness (QED) is 0.555. The number of sulfonamides is 1. The number of H-pyrrole nitrogens is 1. The highest BCUT2D eigenvalue weighted by molar-refractivity contribution is 7.89. The number of hydrogen-bond acceptors (Lipinski definition) is 7. The summed E-state index contributed by atoms with van der Waals surface area (Å²) in [6.07, 6.45) is 0.699. The Kier molecular flexibility index (Phi) is 6.34. The van der Waals surface area contributed by atoms with Crippen LogP contribution < -0.4 is 19.8 Å². The molecule has 174 valence electrons. The lowest BCUT2D eigenvalue weighted by atomic mass is 10.2. The summed E-state index contributed by atoms with van der Waals surface area (Å²) in [5.41, 5.74) is 0.208. The van der Waals surface area contributed by atoms with Crippen LogP contribution >= 0.6 is 0 Å². The first kappa shape index (κ1) is 22.7. The molecule has 0 aliphatic carbocycles. The van der Waals surface area contributed by atoms with Crippen LogP contribution in [0.15, 0.2) is 52.2 Å². The molecule has 0 saturated carbocycles. The van der Waals surface area contributed by atoms with Gasteiger partial charge >= 0.3 is 0 Å². The molecule has 0 unspecified atom stereocenters. The highest BCUT2D eigenvalue weighted by atomic mass is 32.2. The van der Waals surface area contributed by atoms with Crippen LogP contribution in [-0.2, 0) is 21.4 Å². The first-order chi connectivity index (χ1) is 15.7. The van der Waals surface area contributed by atoms with Gasteiger partial charge in [0.1, 0.15) is 5.82 Å². The standard InChI is InChI=1S/C22H24N4O6S/c1-14(25-33(29,30)15-8-9-18-19(12-15)32-11-5-10-31-18)22(28)26(2)13-20-23-17-7-4-3-6-16(17)21(27)24-20/h3-4,6-9,12,14,25H,5,10-11,13H2,1-2H3,(H,23,24,27)/t14-/m0/s1. The fourth-order valence-corrected chi connectivity index (χ4v) is 4.72. The number of rotatable bonds is 6. The van der Waals surface area contributed by atoms with E-state index in [4.69, 9.17) is 9.47 Å². The monoisotopic (exact) mass is 472 g/mol. The second-order valence-corrected chi connectivity index (χ2v) is 9.44. The number of aromatic nitrogens is 2. The van der Waals surface area contributed by atoms with E-state index in [-0.39, 0.29) is 17.0 Å². The van der Waals surface area contributed by atoms with Crippen LogP contribution in [0.2, 0.25) is 0 Å². The molecular weight excluding hydrogens is 448 g/mol. The summed E-state index contributed by atoms with van der Waals surface area (Å²) in [5.74, 6) is 0.640. The van der Waals surface area contributed by atoms with Gasteiger partial charge in [0, 0.05) is 19.5 Å². The number of nitrogens with zero attached hydrogens (tertiary/aromatic N) is 2. The number of amides is 1. The molecule has 2 aromatic carbocycles. The van der Waals surface area contributed by atoms with Gasteiger partial charge in [-0.05, 0) is 31.2 Å². The van der Waals surface area contributed by atoms with E-state index in [2.05, 4.69) is 14.7 Å². The molecule has 0 bridgehead atoms. The van der Waals surface area contributed by atoms with Crippen molar-refractivity contribution in [2.24, 2.45) is 0 Å². The Balaban J connectivity index is 1.46. The lowest BCUT2D eigenvalue weighted by molar-refractivity contribution is -0.131. The van der Waals surface area contributed by atoms with Crippen LogP contribution in [0.4, 0.5) is 0 Å². The molecule has 0 spiro atoms. The maximum Gasteiger partial charge on any atom is 0.258 e. The molecule has 0 fully saturated rings. The van der Waals surface area contributed by atoms with Crippen molar-refractivity contribution >= 4 is 26.8 Å². The van der Waals surface area contributed by atoms with Crippen molar-refractivity contribution in [3.05, 3.63) is 58.6 Å². The molecule has 11 heteroatoms. The van der Waals surface area contributed by atoms with Gasteiger partial charge in [-0.25, -0.2) is 13.4 Å². The molecule has 33 heavy (non-hydrogen) atoms. The number of nitrogens with one attached hydrogen (secondary N) is 2. The van der Waals surface area contributed by atoms with Gasteiger partial charge in [-0.2, -0.15) is 4.72 Å². The summed E-state index contributed by atoms with van der Waals surface area (Å²) < 4.78 is 39.2.